The Kier molecular flexibility index (Phi) is 6.24. The molecule has 0 bridgehead atoms. The second kappa shape index (κ2) is 7.22. The van der Waals surface area contributed by atoms with Crippen molar-refractivity contribution in [3.63, 3.8) is 0 Å². The number of nitrogens with zero attached hydrogens (tertiary/aromatic N) is 2. The fourth-order valence-corrected chi connectivity index (χ4v) is 2.95. The lowest BCUT2D eigenvalue weighted by molar-refractivity contribution is 0.0944. The Balaban J connectivity index is 2.92. The van der Waals surface area contributed by atoms with Gasteiger partial charge in [0.25, 0.3) is 0 Å². The third-order valence-corrected chi connectivity index (χ3v) is 4.40. The van der Waals surface area contributed by atoms with Gasteiger partial charge in [0, 0.05) is 24.0 Å². The van der Waals surface area contributed by atoms with Crippen LogP contribution in [0, 0.1) is 0 Å². The van der Waals surface area contributed by atoms with E-state index in [4.69, 9.17) is 11.6 Å². The van der Waals surface area contributed by atoms with Gasteiger partial charge >= 0.3 is 0 Å². The number of aromatic nitrogens is 1. The number of hydrogen-bond donors (Lipinski definition) is 1. The van der Waals surface area contributed by atoms with Crippen LogP contribution in [0.3, 0.4) is 0 Å². The summed E-state index contributed by atoms with van der Waals surface area (Å²) in [4.78, 5) is 6.52. The van der Waals surface area contributed by atoms with Crippen LogP contribution in [0.2, 0.25) is 5.02 Å². The van der Waals surface area contributed by atoms with Crippen molar-refractivity contribution in [2.24, 2.45) is 0 Å². The van der Waals surface area contributed by atoms with Crippen LogP contribution in [0.15, 0.2) is 18.5 Å². The van der Waals surface area contributed by atoms with Crippen molar-refractivity contribution in [2.75, 3.05) is 20.1 Å². The maximum atomic E-state index is 6.22. The number of hydrogen-bond acceptors (Lipinski definition) is 3. The van der Waals surface area contributed by atoms with Gasteiger partial charge < -0.3 is 5.32 Å². The van der Waals surface area contributed by atoms with Crippen molar-refractivity contribution < 1.29 is 0 Å². The van der Waals surface area contributed by atoms with Gasteiger partial charge in [0.2, 0.25) is 0 Å². The van der Waals surface area contributed by atoms with E-state index in [2.05, 4.69) is 42.9 Å². The predicted molar refractivity (Wildman–Crippen MR) is 82.8 cm³/mol. The van der Waals surface area contributed by atoms with E-state index in [1.807, 2.05) is 13.1 Å². The van der Waals surface area contributed by atoms with Crippen molar-refractivity contribution in [3.05, 3.63) is 29.0 Å². The number of nitrogens with one attached hydrogen (secondary N) is 1. The minimum Gasteiger partial charge on any atom is -0.315 e. The summed E-state index contributed by atoms with van der Waals surface area (Å²) in [5.41, 5.74) is 1.22. The lowest BCUT2D eigenvalue weighted by Crippen LogP contribution is -2.57. The SMILES string of the molecule is CCN(CC)C(C)(C)C(Cc1ccncc1Cl)NC. The molecule has 0 saturated heterocycles. The molecule has 0 aliphatic heterocycles. The standard InChI is InChI=1S/C15H26ClN3/c1-6-19(7-2)15(3,4)14(17-5)10-12-8-9-18-11-13(12)16/h8-9,11,14,17H,6-7,10H2,1-5H3. The molecule has 1 atom stereocenters. The van der Waals surface area contributed by atoms with Gasteiger partial charge in [-0.3, -0.25) is 9.88 Å². The maximum Gasteiger partial charge on any atom is 0.0621 e. The predicted octanol–water partition coefficient (Wildman–Crippen LogP) is 2.99. The molecule has 0 aromatic carbocycles. The van der Waals surface area contributed by atoms with E-state index in [-0.39, 0.29) is 5.54 Å². The van der Waals surface area contributed by atoms with E-state index in [0.717, 1.165) is 30.1 Å². The molecule has 108 valence electrons. The summed E-state index contributed by atoms with van der Waals surface area (Å²) in [5, 5.41) is 4.19. The quantitative estimate of drug-likeness (QED) is 0.834. The normalized spacial score (nSPS) is 13.8. The summed E-state index contributed by atoms with van der Waals surface area (Å²) in [6.45, 7) is 11.1. The van der Waals surface area contributed by atoms with Crippen molar-refractivity contribution in [1.29, 1.82) is 0 Å². The van der Waals surface area contributed by atoms with Crippen LogP contribution in [0.5, 0.6) is 0 Å². The average molecular weight is 284 g/mol. The molecule has 1 heterocycles. The smallest absolute Gasteiger partial charge is 0.0621 e. The van der Waals surface area contributed by atoms with Crippen LogP contribution in [0.4, 0.5) is 0 Å². The second-order valence-corrected chi connectivity index (χ2v) is 5.75. The monoisotopic (exact) mass is 283 g/mol. The molecule has 0 aliphatic rings. The molecule has 0 radical (unpaired) electrons. The van der Waals surface area contributed by atoms with Crippen LogP contribution in [0.25, 0.3) is 0 Å². The Morgan fingerprint density at radius 2 is 2.00 bits per heavy atom. The van der Waals surface area contributed by atoms with Gasteiger partial charge in [0.15, 0.2) is 0 Å². The van der Waals surface area contributed by atoms with E-state index >= 15 is 0 Å². The molecule has 0 spiro atoms. The largest absolute Gasteiger partial charge is 0.315 e. The minimum absolute atomic E-state index is 0.0743. The van der Waals surface area contributed by atoms with Crippen molar-refractivity contribution in [3.8, 4) is 0 Å². The molecule has 1 aromatic heterocycles. The van der Waals surface area contributed by atoms with Gasteiger partial charge in [-0.1, -0.05) is 25.4 Å². The summed E-state index contributed by atoms with van der Waals surface area (Å²) < 4.78 is 0. The number of pyridine rings is 1. The van der Waals surface area contributed by atoms with E-state index in [1.54, 1.807) is 12.4 Å². The topological polar surface area (TPSA) is 28.2 Å². The highest BCUT2D eigenvalue weighted by Crippen LogP contribution is 2.24. The Labute approximate surface area is 122 Å². The van der Waals surface area contributed by atoms with Gasteiger partial charge in [0.1, 0.15) is 0 Å². The van der Waals surface area contributed by atoms with Gasteiger partial charge in [-0.05, 0) is 52.0 Å². The molecule has 0 fully saturated rings. The zero-order valence-electron chi connectivity index (χ0n) is 12.7. The summed E-state index contributed by atoms with van der Waals surface area (Å²) in [5.74, 6) is 0. The van der Waals surface area contributed by atoms with Gasteiger partial charge in [-0.25, -0.2) is 0 Å². The highest BCUT2D eigenvalue weighted by molar-refractivity contribution is 6.31. The summed E-state index contributed by atoms with van der Waals surface area (Å²) in [6.07, 6.45) is 4.42. The fraction of sp³-hybridized carbons (Fsp3) is 0.667. The molecule has 1 N–H and O–H groups in total. The van der Waals surface area contributed by atoms with Gasteiger partial charge in [-0.15, -0.1) is 0 Å². The van der Waals surface area contributed by atoms with Gasteiger partial charge in [0.05, 0.1) is 5.02 Å². The fourth-order valence-electron chi connectivity index (χ4n) is 2.75. The molecule has 1 aromatic rings. The minimum atomic E-state index is 0.0743. The molecule has 0 amide bonds. The molecular formula is C15H26ClN3. The first-order valence-electron chi connectivity index (χ1n) is 6.98. The van der Waals surface area contributed by atoms with E-state index in [0.29, 0.717) is 6.04 Å². The molecule has 4 heteroatoms. The van der Waals surface area contributed by atoms with Crippen molar-refractivity contribution in [2.45, 2.75) is 45.7 Å². The molecule has 19 heavy (non-hydrogen) atoms. The molecular weight excluding hydrogens is 258 g/mol. The summed E-state index contributed by atoms with van der Waals surface area (Å²) in [7, 11) is 2.02. The first kappa shape index (κ1) is 16.4. The van der Waals surface area contributed by atoms with Crippen molar-refractivity contribution in [1.82, 2.24) is 15.2 Å². The lowest BCUT2D eigenvalue weighted by Gasteiger charge is -2.43. The van der Waals surface area contributed by atoms with Gasteiger partial charge in [-0.2, -0.15) is 0 Å². The van der Waals surface area contributed by atoms with Crippen molar-refractivity contribution >= 4 is 11.6 Å². The Morgan fingerprint density at radius 1 is 1.37 bits per heavy atom. The Morgan fingerprint density at radius 3 is 2.47 bits per heavy atom. The van der Waals surface area contributed by atoms with Crippen LogP contribution in [-0.2, 0) is 6.42 Å². The zero-order valence-corrected chi connectivity index (χ0v) is 13.5. The summed E-state index contributed by atoms with van der Waals surface area (Å²) in [6, 6.07) is 2.35. The van der Waals surface area contributed by atoms with Crippen LogP contribution >= 0.6 is 11.6 Å². The first-order valence-corrected chi connectivity index (χ1v) is 7.35. The molecule has 0 aliphatic carbocycles. The third-order valence-electron chi connectivity index (χ3n) is 4.06. The number of halogens is 1. The third kappa shape index (κ3) is 3.91. The number of rotatable bonds is 7. The average Bonchev–Trinajstić information content (AvgIpc) is 2.38. The van der Waals surface area contributed by atoms with Crippen LogP contribution in [0.1, 0.15) is 33.3 Å². The Bertz CT molecular complexity index is 389. The molecule has 1 unspecified atom stereocenters. The van der Waals surface area contributed by atoms with E-state index < -0.39 is 0 Å². The highest BCUT2D eigenvalue weighted by Gasteiger charge is 2.33. The zero-order chi connectivity index (χ0) is 14.5. The van der Waals surface area contributed by atoms with Crippen LogP contribution in [-0.4, -0.2) is 41.6 Å². The molecule has 1 rings (SSSR count). The lowest BCUT2D eigenvalue weighted by atomic mass is 9.87. The number of likely N-dealkylation sites (N-methyl/N-ethyl adjacent to an activating group) is 2. The summed E-state index contributed by atoms with van der Waals surface area (Å²) >= 11 is 6.22. The first-order chi connectivity index (χ1) is 8.97. The second-order valence-electron chi connectivity index (χ2n) is 5.34. The highest BCUT2D eigenvalue weighted by atomic mass is 35.5. The van der Waals surface area contributed by atoms with E-state index in [1.165, 1.54) is 0 Å². The van der Waals surface area contributed by atoms with Crippen LogP contribution < -0.4 is 5.32 Å². The van der Waals surface area contributed by atoms with E-state index in [9.17, 15) is 0 Å². The Hall–Kier alpha value is -0.640. The maximum absolute atomic E-state index is 6.22. The molecule has 3 nitrogen and oxygen atoms in total. The molecule has 0 saturated carbocycles.